The number of rotatable bonds is 3. The van der Waals surface area contributed by atoms with Crippen molar-refractivity contribution in [3.8, 4) is 5.75 Å². The van der Waals surface area contributed by atoms with Gasteiger partial charge in [0.05, 0.1) is 6.42 Å². The lowest BCUT2D eigenvalue weighted by Gasteiger charge is -2.05. The van der Waals surface area contributed by atoms with Crippen LogP contribution in [-0.4, -0.2) is 5.97 Å². The van der Waals surface area contributed by atoms with Crippen molar-refractivity contribution >= 4 is 16.7 Å². The van der Waals surface area contributed by atoms with Crippen LogP contribution in [0.4, 0.5) is 0 Å². The molecule has 2 heteroatoms. The number of carbonyl (C=O) groups excluding carboxylic acids is 1. The summed E-state index contributed by atoms with van der Waals surface area (Å²) in [6.45, 7) is 0. The fourth-order valence-corrected chi connectivity index (χ4v) is 2.16. The first-order valence-electron chi connectivity index (χ1n) is 6.55. The molecule has 0 saturated carbocycles. The number of carbonyl (C=O) groups is 1. The van der Waals surface area contributed by atoms with Crippen LogP contribution in [0.1, 0.15) is 5.56 Å². The first-order valence-corrected chi connectivity index (χ1v) is 6.55. The summed E-state index contributed by atoms with van der Waals surface area (Å²) in [4.78, 5) is 11.9. The Balaban J connectivity index is 1.74. The summed E-state index contributed by atoms with van der Waals surface area (Å²) in [6.07, 6.45) is 0.285. The minimum absolute atomic E-state index is 0.244. The number of esters is 1. The Bertz CT molecular complexity index is 733. The summed E-state index contributed by atoms with van der Waals surface area (Å²) in [6, 6.07) is 23.3. The van der Waals surface area contributed by atoms with Crippen molar-refractivity contribution in [2.75, 3.05) is 0 Å². The summed E-state index contributed by atoms with van der Waals surface area (Å²) in [7, 11) is 0. The second-order valence-electron chi connectivity index (χ2n) is 4.65. The Labute approximate surface area is 117 Å². The number of fused-ring (bicyclic) bond motifs is 1. The van der Waals surface area contributed by atoms with Gasteiger partial charge in [-0.25, -0.2) is 0 Å². The fourth-order valence-electron chi connectivity index (χ4n) is 2.16. The number of ether oxygens (including phenoxy) is 1. The summed E-state index contributed by atoms with van der Waals surface area (Å²) >= 11 is 0. The van der Waals surface area contributed by atoms with Gasteiger partial charge in [-0.2, -0.15) is 0 Å². The maximum absolute atomic E-state index is 11.9. The number of hydrogen-bond acceptors (Lipinski definition) is 2. The van der Waals surface area contributed by atoms with Crippen LogP contribution in [0.2, 0.25) is 0 Å². The van der Waals surface area contributed by atoms with Crippen LogP contribution in [0.3, 0.4) is 0 Å². The van der Waals surface area contributed by atoms with Gasteiger partial charge < -0.3 is 4.74 Å². The monoisotopic (exact) mass is 262 g/mol. The van der Waals surface area contributed by atoms with Crippen LogP contribution in [0.15, 0.2) is 72.8 Å². The first kappa shape index (κ1) is 12.4. The van der Waals surface area contributed by atoms with Crippen LogP contribution >= 0.6 is 0 Å². The maximum atomic E-state index is 11.9. The van der Waals surface area contributed by atoms with Crippen molar-refractivity contribution in [2.45, 2.75) is 6.42 Å². The Morgan fingerprint density at radius 1 is 0.800 bits per heavy atom. The summed E-state index contributed by atoms with van der Waals surface area (Å²) < 4.78 is 5.39. The van der Waals surface area contributed by atoms with E-state index in [-0.39, 0.29) is 12.4 Å². The van der Waals surface area contributed by atoms with Gasteiger partial charge in [-0.1, -0.05) is 60.7 Å². The molecule has 0 aromatic heterocycles. The quantitative estimate of drug-likeness (QED) is 0.527. The smallest absolute Gasteiger partial charge is 0.315 e. The molecule has 0 radical (unpaired) electrons. The van der Waals surface area contributed by atoms with E-state index in [0.29, 0.717) is 5.75 Å². The van der Waals surface area contributed by atoms with E-state index in [1.165, 1.54) is 0 Å². The number of hydrogen-bond donors (Lipinski definition) is 0. The van der Waals surface area contributed by atoms with Crippen LogP contribution in [0, 0.1) is 0 Å². The predicted molar refractivity (Wildman–Crippen MR) is 79.7 cm³/mol. The highest BCUT2D eigenvalue weighted by molar-refractivity contribution is 5.85. The lowest BCUT2D eigenvalue weighted by molar-refractivity contribution is -0.133. The molecule has 0 atom stereocenters. The predicted octanol–water partition coefficient (Wildman–Crippen LogP) is 3.99. The molecule has 98 valence electrons. The Kier molecular flexibility index (Phi) is 3.46. The standard InChI is InChI=1S/C18H14O2/c19-18(12-14-6-2-1-3-7-14)20-17-11-10-15-8-4-5-9-16(15)13-17/h1-11,13H,12H2. The topological polar surface area (TPSA) is 26.3 Å². The molecule has 0 amide bonds. The zero-order valence-electron chi connectivity index (χ0n) is 11.0. The van der Waals surface area contributed by atoms with E-state index < -0.39 is 0 Å². The average Bonchev–Trinajstić information content (AvgIpc) is 2.48. The van der Waals surface area contributed by atoms with Crippen LogP contribution in [-0.2, 0) is 11.2 Å². The van der Waals surface area contributed by atoms with Gasteiger partial charge >= 0.3 is 5.97 Å². The molecule has 0 N–H and O–H groups in total. The van der Waals surface area contributed by atoms with Gasteiger partial charge in [0.15, 0.2) is 0 Å². The minimum Gasteiger partial charge on any atom is -0.426 e. The molecule has 0 saturated heterocycles. The van der Waals surface area contributed by atoms with Gasteiger partial charge in [0, 0.05) is 0 Å². The largest absolute Gasteiger partial charge is 0.426 e. The Morgan fingerprint density at radius 3 is 2.30 bits per heavy atom. The van der Waals surface area contributed by atoms with E-state index in [2.05, 4.69) is 0 Å². The maximum Gasteiger partial charge on any atom is 0.315 e. The first-order chi connectivity index (χ1) is 9.81. The van der Waals surface area contributed by atoms with Gasteiger partial charge in [0.2, 0.25) is 0 Å². The molecule has 0 bridgehead atoms. The van der Waals surface area contributed by atoms with Gasteiger partial charge in [0.25, 0.3) is 0 Å². The van der Waals surface area contributed by atoms with E-state index in [1.54, 1.807) is 0 Å². The van der Waals surface area contributed by atoms with Crippen LogP contribution in [0.25, 0.3) is 10.8 Å². The third-order valence-corrected chi connectivity index (χ3v) is 3.14. The molecule has 0 unspecified atom stereocenters. The highest BCUT2D eigenvalue weighted by atomic mass is 16.5. The van der Waals surface area contributed by atoms with E-state index in [9.17, 15) is 4.79 Å². The Morgan fingerprint density at radius 2 is 1.50 bits per heavy atom. The average molecular weight is 262 g/mol. The molecule has 3 aromatic carbocycles. The molecule has 3 aromatic rings. The van der Waals surface area contributed by atoms with Crippen molar-refractivity contribution in [2.24, 2.45) is 0 Å². The third-order valence-electron chi connectivity index (χ3n) is 3.14. The van der Waals surface area contributed by atoms with Gasteiger partial charge in [0.1, 0.15) is 5.75 Å². The lowest BCUT2D eigenvalue weighted by atomic mass is 10.1. The van der Waals surface area contributed by atoms with E-state index in [0.717, 1.165) is 16.3 Å². The molecule has 20 heavy (non-hydrogen) atoms. The zero-order chi connectivity index (χ0) is 13.8. The molecule has 0 aliphatic heterocycles. The fraction of sp³-hybridized carbons (Fsp3) is 0.0556. The third kappa shape index (κ3) is 2.86. The molecular formula is C18H14O2. The molecule has 0 aliphatic rings. The SMILES string of the molecule is O=C(Cc1ccccc1)Oc1ccc2ccccc2c1. The van der Waals surface area contributed by atoms with Gasteiger partial charge in [-0.3, -0.25) is 4.79 Å². The number of benzene rings is 3. The highest BCUT2D eigenvalue weighted by Gasteiger charge is 2.06. The molecule has 0 aliphatic carbocycles. The van der Waals surface area contributed by atoms with Crippen molar-refractivity contribution < 1.29 is 9.53 Å². The summed E-state index contributed by atoms with van der Waals surface area (Å²) in [5.74, 6) is 0.344. The van der Waals surface area contributed by atoms with Crippen molar-refractivity contribution in [1.82, 2.24) is 0 Å². The summed E-state index contributed by atoms with van der Waals surface area (Å²) in [5.41, 5.74) is 0.957. The van der Waals surface area contributed by atoms with Gasteiger partial charge in [-0.15, -0.1) is 0 Å². The van der Waals surface area contributed by atoms with Gasteiger partial charge in [-0.05, 0) is 28.5 Å². The zero-order valence-corrected chi connectivity index (χ0v) is 11.0. The van der Waals surface area contributed by atoms with E-state index in [1.807, 2.05) is 72.8 Å². The second-order valence-corrected chi connectivity index (χ2v) is 4.65. The second kappa shape index (κ2) is 5.57. The normalized spacial score (nSPS) is 10.4. The van der Waals surface area contributed by atoms with Crippen LogP contribution in [0.5, 0.6) is 5.75 Å². The molecule has 0 heterocycles. The van der Waals surface area contributed by atoms with Crippen molar-refractivity contribution in [3.63, 3.8) is 0 Å². The van der Waals surface area contributed by atoms with E-state index >= 15 is 0 Å². The van der Waals surface area contributed by atoms with Crippen LogP contribution < -0.4 is 4.74 Å². The van der Waals surface area contributed by atoms with Crippen molar-refractivity contribution in [1.29, 1.82) is 0 Å². The Hall–Kier alpha value is -2.61. The molecule has 0 fully saturated rings. The molecule has 0 spiro atoms. The molecular weight excluding hydrogens is 248 g/mol. The lowest BCUT2D eigenvalue weighted by Crippen LogP contribution is -2.11. The molecule has 2 nitrogen and oxygen atoms in total. The minimum atomic E-state index is -0.244. The summed E-state index contributed by atoms with van der Waals surface area (Å²) in [5, 5.41) is 2.20. The molecule has 3 rings (SSSR count). The van der Waals surface area contributed by atoms with Crippen molar-refractivity contribution in [3.05, 3.63) is 78.4 Å². The van der Waals surface area contributed by atoms with E-state index in [4.69, 9.17) is 4.74 Å². The highest BCUT2D eigenvalue weighted by Crippen LogP contribution is 2.20.